The number of rotatable bonds is 2. The highest BCUT2D eigenvalue weighted by Gasteiger charge is 2.83. The van der Waals surface area contributed by atoms with Gasteiger partial charge in [-0.2, -0.15) is 15.5 Å². The van der Waals surface area contributed by atoms with Crippen LogP contribution in [-0.2, 0) is 9.47 Å². The monoisotopic (exact) mass is 372 g/mol. The van der Waals surface area contributed by atoms with E-state index in [-0.39, 0.29) is 17.7 Å². The van der Waals surface area contributed by atoms with Crippen molar-refractivity contribution in [3.8, 4) is 12.1 Å². The summed E-state index contributed by atoms with van der Waals surface area (Å²) in [5.41, 5.74) is -0.920. The fourth-order valence-corrected chi connectivity index (χ4v) is 5.63. The van der Waals surface area contributed by atoms with Gasteiger partial charge in [0.1, 0.15) is 11.9 Å². The van der Waals surface area contributed by atoms with Crippen molar-refractivity contribution < 1.29 is 9.47 Å². The largest absolute Gasteiger partial charge is 0.447 e. The van der Waals surface area contributed by atoms with Gasteiger partial charge in [0.15, 0.2) is 10.8 Å². The molecule has 5 atom stereocenters. The van der Waals surface area contributed by atoms with Crippen molar-refractivity contribution in [1.82, 2.24) is 0 Å². The van der Waals surface area contributed by atoms with Crippen LogP contribution in [0.3, 0.4) is 0 Å². The number of fused-ring (bicyclic) bond motifs is 1. The molecule has 140 valence electrons. The van der Waals surface area contributed by atoms with Gasteiger partial charge >= 0.3 is 0 Å². The minimum absolute atomic E-state index is 0.0545. The Bertz CT molecular complexity index is 1020. The fraction of sp³-hybridized carbons (Fsp3) is 0.455. The van der Waals surface area contributed by atoms with Crippen molar-refractivity contribution in [2.75, 3.05) is 0 Å². The Balaban J connectivity index is 1.73. The Kier molecular flexibility index (Phi) is 3.39. The van der Waals surface area contributed by atoms with E-state index in [0.717, 1.165) is 24.0 Å². The summed E-state index contributed by atoms with van der Waals surface area (Å²) >= 11 is 0. The smallest absolute Gasteiger partial charge is 0.218 e. The summed E-state index contributed by atoms with van der Waals surface area (Å²) < 4.78 is 12.7. The second kappa shape index (κ2) is 5.53. The van der Waals surface area contributed by atoms with Gasteiger partial charge in [0.2, 0.25) is 11.7 Å². The predicted octanol–water partition coefficient (Wildman–Crippen LogP) is 3.81. The van der Waals surface area contributed by atoms with Gasteiger partial charge in [0.05, 0.1) is 18.1 Å². The zero-order chi connectivity index (χ0) is 19.6. The van der Waals surface area contributed by atoms with E-state index in [9.17, 15) is 10.5 Å². The maximum absolute atomic E-state index is 10.4. The molecule has 4 fully saturated rings. The molecule has 1 spiro atoms. The number of nitrogens with one attached hydrogen (secondary N) is 1. The minimum Gasteiger partial charge on any atom is -0.447 e. The minimum atomic E-state index is -1.42. The third-order valence-electron chi connectivity index (χ3n) is 6.81. The van der Waals surface area contributed by atoms with Gasteiger partial charge in [0.25, 0.3) is 0 Å². The van der Waals surface area contributed by atoms with Crippen molar-refractivity contribution in [1.29, 1.82) is 15.9 Å². The molecule has 6 rings (SSSR count). The lowest BCUT2D eigenvalue weighted by atomic mass is 9.48. The van der Waals surface area contributed by atoms with Gasteiger partial charge in [-0.25, -0.2) is 0 Å². The highest BCUT2D eigenvalue weighted by atomic mass is 16.7. The van der Waals surface area contributed by atoms with Crippen molar-refractivity contribution in [3.05, 3.63) is 41.5 Å². The Morgan fingerprint density at radius 2 is 1.96 bits per heavy atom. The summed E-state index contributed by atoms with van der Waals surface area (Å²) in [4.78, 5) is 4.30. The van der Waals surface area contributed by atoms with Crippen LogP contribution in [0.5, 0.6) is 0 Å². The molecule has 4 heterocycles. The number of aliphatic imine (C=N–C) groups is 1. The number of amidine groups is 1. The summed E-state index contributed by atoms with van der Waals surface area (Å²) in [6, 6.07) is 14.5. The first kappa shape index (κ1) is 17.2. The van der Waals surface area contributed by atoms with Gasteiger partial charge in [-0.15, -0.1) is 0 Å². The van der Waals surface area contributed by atoms with Gasteiger partial charge in [-0.3, -0.25) is 5.41 Å². The van der Waals surface area contributed by atoms with Crippen molar-refractivity contribution >= 4 is 17.8 Å². The molecule has 0 amide bonds. The molecule has 6 heteroatoms. The van der Waals surface area contributed by atoms with Crippen LogP contribution < -0.4 is 0 Å². The number of nitrogens with zero attached hydrogens (tertiary/aromatic N) is 3. The lowest BCUT2D eigenvalue weighted by molar-refractivity contribution is -0.344. The Hall–Kier alpha value is -2.96. The van der Waals surface area contributed by atoms with Crippen LogP contribution in [0.2, 0.25) is 0 Å². The third-order valence-corrected chi connectivity index (χ3v) is 6.81. The quantitative estimate of drug-likeness (QED) is 0.852. The van der Waals surface area contributed by atoms with Crippen LogP contribution in [0.1, 0.15) is 38.2 Å². The van der Waals surface area contributed by atoms with Crippen molar-refractivity contribution in [3.63, 3.8) is 0 Å². The van der Waals surface area contributed by atoms with Crippen LogP contribution in [0, 0.1) is 44.8 Å². The fourth-order valence-electron chi connectivity index (χ4n) is 5.63. The van der Waals surface area contributed by atoms with E-state index >= 15 is 0 Å². The standard InChI is InChI=1S/C22H20N4O2/c1-14(11-15-7-3-2-4-8-15)17-21(13-24)19-26-18(25)20(21,12-23)16-9-5-6-10-22(16,27-17)28-19/h2-4,7-8,11,16-17,25H,5-6,9-10H2,1H3/b14-11+,25-18?/t16-,17+,20+,21-,22-/m1/s1. The Morgan fingerprint density at radius 3 is 2.68 bits per heavy atom. The molecule has 1 aromatic rings. The van der Waals surface area contributed by atoms with E-state index in [2.05, 4.69) is 17.1 Å². The van der Waals surface area contributed by atoms with Crippen LogP contribution in [0.15, 0.2) is 40.9 Å². The predicted molar refractivity (Wildman–Crippen MR) is 102 cm³/mol. The first-order valence-corrected chi connectivity index (χ1v) is 9.65. The maximum atomic E-state index is 10.4. The second-order valence-corrected chi connectivity index (χ2v) is 8.11. The van der Waals surface area contributed by atoms with Gasteiger partial charge < -0.3 is 9.47 Å². The molecule has 0 aromatic heterocycles. The van der Waals surface area contributed by atoms with E-state index in [1.807, 2.05) is 43.3 Å². The Morgan fingerprint density at radius 1 is 1.21 bits per heavy atom. The molecule has 3 saturated heterocycles. The van der Waals surface area contributed by atoms with E-state index in [1.54, 1.807) is 0 Å². The lowest BCUT2D eigenvalue weighted by Gasteiger charge is -2.63. The summed E-state index contributed by atoms with van der Waals surface area (Å²) in [6.45, 7) is 1.92. The molecule has 0 radical (unpaired) electrons. The maximum Gasteiger partial charge on any atom is 0.218 e. The van der Waals surface area contributed by atoms with E-state index < -0.39 is 22.7 Å². The average molecular weight is 372 g/mol. The highest BCUT2D eigenvalue weighted by molar-refractivity contribution is 6.13. The van der Waals surface area contributed by atoms with Crippen LogP contribution in [0.25, 0.3) is 6.08 Å². The Labute approximate surface area is 163 Å². The van der Waals surface area contributed by atoms with Gasteiger partial charge in [0, 0.05) is 6.42 Å². The molecule has 28 heavy (non-hydrogen) atoms. The number of benzene rings is 1. The van der Waals surface area contributed by atoms with Gasteiger partial charge in [-0.05, 0) is 30.9 Å². The molecular formula is C22H20N4O2. The number of ether oxygens (including phenoxy) is 2. The highest BCUT2D eigenvalue weighted by Crippen LogP contribution is 2.69. The molecule has 1 N–H and O–H groups in total. The van der Waals surface area contributed by atoms with Crippen LogP contribution in [-0.4, -0.2) is 23.6 Å². The van der Waals surface area contributed by atoms with Gasteiger partial charge in [-0.1, -0.05) is 42.8 Å². The summed E-state index contributed by atoms with van der Waals surface area (Å²) in [6.07, 6.45) is 4.48. The average Bonchev–Trinajstić information content (AvgIpc) is 2.91. The van der Waals surface area contributed by atoms with E-state index in [0.29, 0.717) is 12.8 Å². The van der Waals surface area contributed by atoms with E-state index in [1.165, 1.54) is 0 Å². The zero-order valence-electron chi connectivity index (χ0n) is 15.6. The molecule has 6 nitrogen and oxygen atoms in total. The third kappa shape index (κ3) is 1.75. The molecule has 4 bridgehead atoms. The molecule has 1 aliphatic carbocycles. The normalized spacial score (nSPS) is 40.8. The zero-order valence-corrected chi connectivity index (χ0v) is 15.6. The number of nitriles is 2. The molecule has 1 aromatic carbocycles. The summed E-state index contributed by atoms with van der Waals surface area (Å²) in [5.74, 6) is -1.20. The summed E-state index contributed by atoms with van der Waals surface area (Å²) in [5, 5.41) is 29.3. The van der Waals surface area contributed by atoms with Crippen LogP contribution >= 0.6 is 0 Å². The van der Waals surface area contributed by atoms with Crippen molar-refractivity contribution in [2.45, 2.75) is 44.5 Å². The number of hydrogen-bond donors (Lipinski definition) is 1. The lowest BCUT2D eigenvalue weighted by Crippen LogP contribution is -2.75. The number of hydrogen-bond acceptors (Lipinski definition) is 5. The molecular weight excluding hydrogens is 352 g/mol. The van der Waals surface area contributed by atoms with Crippen LogP contribution in [0.4, 0.5) is 0 Å². The van der Waals surface area contributed by atoms with Crippen molar-refractivity contribution in [2.24, 2.45) is 21.7 Å². The topological polar surface area (TPSA) is 102 Å². The molecule has 4 aliphatic heterocycles. The SMILES string of the molecule is C/C(=C\c1ccccc1)[C@@H]1O[C@@]23CCCC[C@@H]2[C@@]2(C#N)C(=N)N=C(O3)[C@@]12C#N. The first-order valence-electron chi connectivity index (χ1n) is 9.65. The molecule has 0 unspecified atom stereocenters. The summed E-state index contributed by atoms with van der Waals surface area (Å²) in [7, 11) is 0. The van der Waals surface area contributed by atoms with E-state index in [4.69, 9.17) is 14.9 Å². The second-order valence-electron chi connectivity index (χ2n) is 8.11. The molecule has 1 saturated carbocycles. The molecule has 5 aliphatic rings. The first-order chi connectivity index (χ1) is 13.5.